The highest BCUT2D eigenvalue weighted by molar-refractivity contribution is 5.68. The Labute approximate surface area is 153 Å². The van der Waals surface area contributed by atoms with E-state index < -0.39 is 36.0 Å². The molecule has 0 radical (unpaired) electrons. The number of carbonyl (C=O) groups excluding carboxylic acids is 1. The number of nitrogens with zero attached hydrogens (tertiary/aromatic N) is 1. The minimum Gasteiger partial charge on any atom is -0.465 e. The Morgan fingerprint density at radius 3 is 2.46 bits per heavy atom. The Kier molecular flexibility index (Phi) is 6.45. The van der Waals surface area contributed by atoms with Crippen LogP contribution in [0.3, 0.4) is 0 Å². The Morgan fingerprint density at radius 2 is 1.92 bits per heavy atom. The fraction of sp³-hybridized carbons (Fsp3) is 0.579. The zero-order valence-corrected chi connectivity index (χ0v) is 15.4. The molecule has 2 amide bonds. The molecule has 0 heterocycles. The average molecular weight is 366 g/mol. The molecule has 0 aliphatic heterocycles. The van der Waals surface area contributed by atoms with Crippen LogP contribution in [0.15, 0.2) is 30.3 Å². The number of ether oxygens (including phenoxy) is 1. The number of amides is 2. The Balaban J connectivity index is 1.86. The highest BCUT2D eigenvalue weighted by Gasteiger charge is 2.40. The van der Waals surface area contributed by atoms with Crippen molar-refractivity contribution in [2.24, 2.45) is 0 Å². The van der Waals surface area contributed by atoms with Crippen LogP contribution in [0.1, 0.15) is 45.6 Å². The van der Waals surface area contributed by atoms with E-state index in [0.717, 1.165) is 5.56 Å². The summed E-state index contributed by atoms with van der Waals surface area (Å²) in [4.78, 5) is 24.8. The van der Waals surface area contributed by atoms with E-state index in [1.807, 2.05) is 30.3 Å². The maximum Gasteiger partial charge on any atom is 0.407 e. The van der Waals surface area contributed by atoms with E-state index in [1.54, 1.807) is 20.8 Å². The number of benzene rings is 1. The number of alkyl halides is 1. The lowest BCUT2D eigenvalue weighted by Gasteiger charge is -2.43. The summed E-state index contributed by atoms with van der Waals surface area (Å²) in [5.74, 6) is 0. The number of hydrogen-bond donors (Lipinski definition) is 2. The molecule has 0 saturated heterocycles. The molecule has 3 atom stereocenters. The number of carbonyl (C=O) groups is 2. The molecular weight excluding hydrogens is 339 g/mol. The first-order valence-corrected chi connectivity index (χ1v) is 8.82. The summed E-state index contributed by atoms with van der Waals surface area (Å²) in [7, 11) is 0. The van der Waals surface area contributed by atoms with E-state index in [2.05, 4.69) is 5.32 Å². The third-order valence-corrected chi connectivity index (χ3v) is 4.55. The zero-order chi connectivity index (χ0) is 19.3. The Hall–Kier alpha value is -2.31. The highest BCUT2D eigenvalue weighted by atomic mass is 19.1. The second kappa shape index (κ2) is 8.38. The number of hydrogen-bond acceptors (Lipinski definition) is 3. The summed E-state index contributed by atoms with van der Waals surface area (Å²) in [6.45, 7) is 5.49. The number of nitrogens with one attached hydrogen (secondary N) is 1. The molecule has 144 valence electrons. The molecule has 2 rings (SSSR count). The molecule has 1 aromatic rings. The highest BCUT2D eigenvalue weighted by Crippen LogP contribution is 2.30. The second-order valence-corrected chi connectivity index (χ2v) is 7.62. The number of carboxylic acid groups (broad SMARTS) is 1. The molecular formula is C19H27FN2O4. The molecule has 1 aliphatic rings. The van der Waals surface area contributed by atoms with Crippen molar-refractivity contribution in [3.05, 3.63) is 35.9 Å². The van der Waals surface area contributed by atoms with Crippen LogP contribution in [0.2, 0.25) is 0 Å². The van der Waals surface area contributed by atoms with E-state index in [0.29, 0.717) is 12.8 Å². The Morgan fingerprint density at radius 1 is 1.27 bits per heavy atom. The molecule has 6 nitrogen and oxygen atoms in total. The summed E-state index contributed by atoms with van der Waals surface area (Å²) in [6.07, 6.45) is -2.11. The van der Waals surface area contributed by atoms with Crippen LogP contribution in [0.4, 0.5) is 14.0 Å². The first-order chi connectivity index (χ1) is 12.2. The molecule has 1 saturated carbocycles. The summed E-state index contributed by atoms with van der Waals surface area (Å²) in [6, 6.07) is 8.17. The first-order valence-electron chi connectivity index (χ1n) is 8.82. The van der Waals surface area contributed by atoms with Crippen molar-refractivity contribution in [2.75, 3.05) is 0 Å². The summed E-state index contributed by atoms with van der Waals surface area (Å²) in [5.41, 5.74) is 0.246. The van der Waals surface area contributed by atoms with E-state index >= 15 is 0 Å². The molecule has 0 spiro atoms. The van der Waals surface area contributed by atoms with Crippen molar-refractivity contribution in [1.29, 1.82) is 0 Å². The normalized spacial score (nSPS) is 23.2. The lowest BCUT2D eigenvalue weighted by molar-refractivity contribution is 0.0318. The van der Waals surface area contributed by atoms with Crippen LogP contribution < -0.4 is 5.32 Å². The standard InChI is InChI=1S/C19H27FN2O4/c1-19(2,3)22(18(24)25)14-9-10-16(15(20)11-14)21-17(23)26-12-13-7-5-4-6-8-13/h4-8,14-16H,9-12H2,1-3H3,(H,21,23)(H,24,25)/t14-,15+,16-/m1/s1. The maximum absolute atomic E-state index is 14.5. The van der Waals surface area contributed by atoms with Crippen molar-refractivity contribution >= 4 is 12.2 Å². The van der Waals surface area contributed by atoms with Crippen molar-refractivity contribution < 1.29 is 23.8 Å². The van der Waals surface area contributed by atoms with Crippen LogP contribution in [-0.4, -0.2) is 46.0 Å². The fourth-order valence-corrected chi connectivity index (χ4v) is 3.40. The van der Waals surface area contributed by atoms with Gasteiger partial charge in [0.2, 0.25) is 0 Å². The van der Waals surface area contributed by atoms with Gasteiger partial charge in [0.1, 0.15) is 12.8 Å². The van der Waals surface area contributed by atoms with Crippen molar-refractivity contribution in [3.63, 3.8) is 0 Å². The van der Waals surface area contributed by atoms with Crippen LogP contribution in [-0.2, 0) is 11.3 Å². The van der Waals surface area contributed by atoms with Crippen molar-refractivity contribution in [3.8, 4) is 0 Å². The predicted octanol–water partition coefficient (Wildman–Crippen LogP) is 3.95. The molecule has 2 N–H and O–H groups in total. The van der Waals surface area contributed by atoms with Crippen LogP contribution in [0.5, 0.6) is 0 Å². The summed E-state index contributed by atoms with van der Waals surface area (Å²) < 4.78 is 19.7. The van der Waals surface area contributed by atoms with E-state index in [9.17, 15) is 19.1 Å². The molecule has 1 aliphatic carbocycles. The van der Waals surface area contributed by atoms with Gasteiger partial charge in [-0.1, -0.05) is 30.3 Å². The van der Waals surface area contributed by atoms with Gasteiger partial charge in [0, 0.05) is 18.0 Å². The summed E-state index contributed by atoms with van der Waals surface area (Å²) in [5, 5.41) is 12.0. The van der Waals surface area contributed by atoms with Gasteiger partial charge < -0.3 is 20.1 Å². The quantitative estimate of drug-likeness (QED) is 0.846. The minimum atomic E-state index is -1.32. The van der Waals surface area contributed by atoms with Gasteiger partial charge in [-0.3, -0.25) is 0 Å². The smallest absolute Gasteiger partial charge is 0.407 e. The van der Waals surface area contributed by atoms with Gasteiger partial charge >= 0.3 is 12.2 Å². The first kappa shape index (κ1) is 20.0. The van der Waals surface area contributed by atoms with Crippen molar-refractivity contribution in [1.82, 2.24) is 10.2 Å². The van der Waals surface area contributed by atoms with Gasteiger partial charge in [0.15, 0.2) is 0 Å². The maximum atomic E-state index is 14.5. The van der Waals surface area contributed by atoms with Gasteiger partial charge in [0.05, 0.1) is 6.04 Å². The Bertz CT molecular complexity index is 618. The van der Waals surface area contributed by atoms with Crippen LogP contribution >= 0.6 is 0 Å². The third-order valence-electron chi connectivity index (χ3n) is 4.55. The lowest BCUT2D eigenvalue weighted by Crippen LogP contribution is -2.56. The van der Waals surface area contributed by atoms with Crippen LogP contribution in [0.25, 0.3) is 0 Å². The molecule has 0 unspecified atom stereocenters. The van der Waals surface area contributed by atoms with E-state index in [1.165, 1.54) is 4.90 Å². The second-order valence-electron chi connectivity index (χ2n) is 7.62. The monoisotopic (exact) mass is 366 g/mol. The SMILES string of the molecule is CC(C)(C)N(C(=O)O)[C@@H]1CC[C@@H](NC(=O)OCc2ccccc2)[C@@H](F)C1. The lowest BCUT2D eigenvalue weighted by atomic mass is 9.86. The molecule has 1 aromatic carbocycles. The molecule has 26 heavy (non-hydrogen) atoms. The zero-order valence-electron chi connectivity index (χ0n) is 15.4. The van der Waals surface area contributed by atoms with E-state index in [-0.39, 0.29) is 13.0 Å². The van der Waals surface area contributed by atoms with Gasteiger partial charge in [-0.25, -0.2) is 14.0 Å². The topological polar surface area (TPSA) is 78.9 Å². The molecule has 0 aromatic heterocycles. The minimum absolute atomic E-state index is 0.0627. The van der Waals surface area contributed by atoms with Gasteiger partial charge in [0.25, 0.3) is 0 Å². The largest absolute Gasteiger partial charge is 0.465 e. The number of alkyl carbamates (subject to hydrolysis) is 1. The summed E-state index contributed by atoms with van der Waals surface area (Å²) >= 11 is 0. The number of rotatable bonds is 4. The van der Waals surface area contributed by atoms with Gasteiger partial charge in [-0.2, -0.15) is 0 Å². The molecule has 1 fully saturated rings. The van der Waals surface area contributed by atoms with Gasteiger partial charge in [-0.15, -0.1) is 0 Å². The molecule has 7 heteroatoms. The van der Waals surface area contributed by atoms with Gasteiger partial charge in [-0.05, 0) is 39.2 Å². The fourth-order valence-electron chi connectivity index (χ4n) is 3.40. The average Bonchev–Trinajstić information content (AvgIpc) is 2.55. The predicted molar refractivity (Wildman–Crippen MR) is 95.7 cm³/mol. The number of halogens is 1. The van der Waals surface area contributed by atoms with Crippen molar-refractivity contribution in [2.45, 2.75) is 70.4 Å². The van der Waals surface area contributed by atoms with Crippen LogP contribution in [0, 0.1) is 0 Å². The van der Waals surface area contributed by atoms with E-state index in [4.69, 9.17) is 4.74 Å². The molecule has 0 bridgehead atoms. The third kappa shape index (κ3) is 5.34.